The topological polar surface area (TPSA) is 58.1 Å². The van der Waals surface area contributed by atoms with Crippen molar-refractivity contribution in [3.8, 4) is 0 Å². The second-order valence-corrected chi connectivity index (χ2v) is 6.84. The van der Waals surface area contributed by atoms with Gasteiger partial charge in [0.25, 0.3) is 5.91 Å². The largest absolute Gasteiger partial charge is 0.357 e. The van der Waals surface area contributed by atoms with Gasteiger partial charge in [-0.15, -0.1) is 0 Å². The average molecular weight is 354 g/mol. The van der Waals surface area contributed by atoms with Crippen LogP contribution in [0.3, 0.4) is 0 Å². The van der Waals surface area contributed by atoms with Gasteiger partial charge in [0.05, 0.1) is 0 Å². The Bertz CT molecular complexity index is 737. The maximum absolute atomic E-state index is 12.8. The molecule has 1 heterocycles. The molecule has 1 aromatic carbocycles. The molecule has 26 heavy (non-hydrogen) atoms. The van der Waals surface area contributed by atoms with Crippen molar-refractivity contribution in [2.24, 2.45) is 0 Å². The summed E-state index contributed by atoms with van der Waals surface area (Å²) in [5.74, 6) is 1.57. The summed E-state index contributed by atoms with van der Waals surface area (Å²) in [7, 11) is 0. The van der Waals surface area contributed by atoms with Crippen molar-refractivity contribution >= 4 is 17.4 Å². The summed E-state index contributed by atoms with van der Waals surface area (Å²) in [6.07, 6.45) is 2.07. The predicted molar refractivity (Wildman–Crippen MR) is 108 cm³/mol. The molecule has 0 spiro atoms. The summed E-state index contributed by atoms with van der Waals surface area (Å²) >= 11 is 0. The van der Waals surface area contributed by atoms with Crippen molar-refractivity contribution in [3.05, 3.63) is 47.4 Å². The highest BCUT2D eigenvalue weighted by Gasteiger charge is 2.16. The van der Waals surface area contributed by atoms with Crippen LogP contribution in [0, 0.1) is 6.92 Å². The van der Waals surface area contributed by atoms with E-state index in [0.717, 1.165) is 43.0 Å². The minimum atomic E-state index is -0.196. The summed E-state index contributed by atoms with van der Waals surface area (Å²) in [6, 6.07) is 9.70. The molecule has 1 aromatic heterocycles. The molecule has 2 aromatic rings. The Morgan fingerprint density at radius 2 is 1.77 bits per heavy atom. The Balaban J connectivity index is 2.29. The van der Waals surface area contributed by atoms with E-state index in [2.05, 4.69) is 47.9 Å². The minimum absolute atomic E-state index is 0.196. The van der Waals surface area contributed by atoms with Crippen LogP contribution in [0.2, 0.25) is 0 Å². The SMILES string of the molecule is CCCN(CCC)c1cc(C(=O)Nc2ccccc2C(C)C)nc(C)n1. The van der Waals surface area contributed by atoms with Crippen molar-refractivity contribution in [1.82, 2.24) is 9.97 Å². The number of hydrogen-bond donors (Lipinski definition) is 1. The van der Waals surface area contributed by atoms with Crippen LogP contribution in [0.5, 0.6) is 0 Å². The van der Waals surface area contributed by atoms with Crippen LogP contribution in [-0.4, -0.2) is 29.0 Å². The summed E-state index contributed by atoms with van der Waals surface area (Å²) < 4.78 is 0. The normalized spacial score (nSPS) is 10.8. The first-order chi connectivity index (χ1) is 12.5. The van der Waals surface area contributed by atoms with E-state index in [1.807, 2.05) is 31.2 Å². The van der Waals surface area contributed by atoms with Crippen LogP contribution in [0.25, 0.3) is 0 Å². The number of rotatable bonds is 8. The molecule has 1 amide bonds. The Kier molecular flexibility index (Phi) is 7.13. The van der Waals surface area contributed by atoms with Crippen LogP contribution < -0.4 is 10.2 Å². The van der Waals surface area contributed by atoms with Gasteiger partial charge in [0.15, 0.2) is 0 Å². The van der Waals surface area contributed by atoms with Gasteiger partial charge < -0.3 is 10.2 Å². The van der Waals surface area contributed by atoms with Crippen molar-refractivity contribution in [3.63, 3.8) is 0 Å². The van der Waals surface area contributed by atoms with Crippen LogP contribution in [0.1, 0.15) is 68.3 Å². The van der Waals surface area contributed by atoms with E-state index in [-0.39, 0.29) is 5.91 Å². The van der Waals surface area contributed by atoms with Crippen molar-refractivity contribution in [2.75, 3.05) is 23.3 Å². The van der Waals surface area contributed by atoms with Crippen molar-refractivity contribution in [1.29, 1.82) is 0 Å². The van der Waals surface area contributed by atoms with E-state index >= 15 is 0 Å². The summed E-state index contributed by atoms with van der Waals surface area (Å²) in [5.41, 5.74) is 2.36. The van der Waals surface area contributed by atoms with Gasteiger partial charge in [-0.25, -0.2) is 9.97 Å². The molecule has 0 aliphatic carbocycles. The number of anilines is 2. The van der Waals surface area contributed by atoms with E-state index in [9.17, 15) is 4.79 Å². The van der Waals surface area contributed by atoms with Gasteiger partial charge in [-0.05, 0) is 37.3 Å². The Hall–Kier alpha value is -2.43. The summed E-state index contributed by atoms with van der Waals surface area (Å²) in [4.78, 5) is 23.9. The van der Waals surface area contributed by atoms with Gasteiger partial charge in [-0.3, -0.25) is 4.79 Å². The molecule has 5 nitrogen and oxygen atoms in total. The Morgan fingerprint density at radius 3 is 2.38 bits per heavy atom. The number of aryl methyl sites for hydroxylation is 1. The summed E-state index contributed by atoms with van der Waals surface area (Å²) in [5, 5.41) is 3.02. The van der Waals surface area contributed by atoms with Gasteiger partial charge in [-0.1, -0.05) is 45.9 Å². The van der Waals surface area contributed by atoms with E-state index in [1.165, 1.54) is 0 Å². The van der Waals surface area contributed by atoms with Crippen molar-refractivity contribution in [2.45, 2.75) is 53.4 Å². The maximum atomic E-state index is 12.8. The number of aromatic nitrogens is 2. The lowest BCUT2D eigenvalue weighted by Crippen LogP contribution is -2.27. The number of para-hydroxylation sites is 1. The lowest BCUT2D eigenvalue weighted by molar-refractivity contribution is 0.102. The number of amides is 1. The molecule has 0 aliphatic rings. The van der Waals surface area contributed by atoms with Crippen LogP contribution in [-0.2, 0) is 0 Å². The highest BCUT2D eigenvalue weighted by molar-refractivity contribution is 6.03. The van der Waals surface area contributed by atoms with E-state index in [4.69, 9.17) is 0 Å². The second kappa shape index (κ2) is 9.32. The molecule has 2 rings (SSSR count). The highest BCUT2D eigenvalue weighted by atomic mass is 16.1. The standard InChI is InChI=1S/C21H30N4O/c1-6-12-25(13-7-2)20-14-19(22-16(5)23-20)21(26)24-18-11-9-8-10-17(18)15(3)4/h8-11,14-15H,6-7,12-13H2,1-5H3,(H,24,26). The predicted octanol–water partition coefficient (Wildman–Crippen LogP) is 4.79. The third-order valence-electron chi connectivity index (χ3n) is 4.20. The first-order valence-corrected chi connectivity index (χ1v) is 9.47. The molecule has 0 saturated carbocycles. The van der Waals surface area contributed by atoms with Crippen LogP contribution >= 0.6 is 0 Å². The zero-order chi connectivity index (χ0) is 19.1. The molecular formula is C21H30N4O. The molecule has 140 valence electrons. The molecule has 0 radical (unpaired) electrons. The monoisotopic (exact) mass is 354 g/mol. The number of carbonyl (C=O) groups is 1. The molecule has 0 aliphatic heterocycles. The van der Waals surface area contributed by atoms with E-state index in [0.29, 0.717) is 17.4 Å². The quantitative estimate of drug-likeness (QED) is 0.740. The second-order valence-electron chi connectivity index (χ2n) is 6.84. The first-order valence-electron chi connectivity index (χ1n) is 9.47. The number of benzene rings is 1. The van der Waals surface area contributed by atoms with Gasteiger partial charge >= 0.3 is 0 Å². The Labute approximate surface area is 156 Å². The minimum Gasteiger partial charge on any atom is -0.357 e. The molecule has 1 N–H and O–H groups in total. The lowest BCUT2D eigenvalue weighted by Gasteiger charge is -2.23. The molecule has 0 unspecified atom stereocenters. The fraction of sp³-hybridized carbons (Fsp3) is 0.476. The van der Waals surface area contributed by atoms with Crippen molar-refractivity contribution < 1.29 is 4.79 Å². The first kappa shape index (κ1) is 19.9. The van der Waals surface area contributed by atoms with Gasteiger partial charge in [0.1, 0.15) is 17.3 Å². The zero-order valence-electron chi connectivity index (χ0n) is 16.5. The van der Waals surface area contributed by atoms with Gasteiger partial charge in [0.2, 0.25) is 0 Å². The number of nitrogens with one attached hydrogen (secondary N) is 1. The number of hydrogen-bond acceptors (Lipinski definition) is 4. The van der Waals surface area contributed by atoms with E-state index in [1.54, 1.807) is 6.07 Å². The zero-order valence-corrected chi connectivity index (χ0v) is 16.5. The molecule has 5 heteroatoms. The maximum Gasteiger partial charge on any atom is 0.274 e. The lowest BCUT2D eigenvalue weighted by atomic mass is 10.0. The third-order valence-corrected chi connectivity index (χ3v) is 4.20. The third kappa shape index (κ3) is 5.04. The number of carbonyl (C=O) groups excluding carboxylic acids is 1. The van der Waals surface area contributed by atoms with Gasteiger partial charge in [-0.2, -0.15) is 0 Å². The average Bonchev–Trinajstić information content (AvgIpc) is 2.61. The Morgan fingerprint density at radius 1 is 1.12 bits per heavy atom. The van der Waals surface area contributed by atoms with Crippen LogP contribution in [0.15, 0.2) is 30.3 Å². The molecule has 0 saturated heterocycles. The molecule has 0 fully saturated rings. The van der Waals surface area contributed by atoms with Crippen LogP contribution in [0.4, 0.5) is 11.5 Å². The number of nitrogens with zero attached hydrogens (tertiary/aromatic N) is 3. The fourth-order valence-corrected chi connectivity index (χ4v) is 3.01. The molecular weight excluding hydrogens is 324 g/mol. The fourth-order valence-electron chi connectivity index (χ4n) is 3.01. The smallest absolute Gasteiger partial charge is 0.274 e. The summed E-state index contributed by atoms with van der Waals surface area (Å²) in [6.45, 7) is 12.2. The van der Waals surface area contributed by atoms with E-state index < -0.39 is 0 Å². The van der Waals surface area contributed by atoms with Gasteiger partial charge in [0, 0.05) is 24.8 Å². The highest BCUT2D eigenvalue weighted by Crippen LogP contribution is 2.24. The molecule has 0 atom stereocenters. The molecule has 0 bridgehead atoms.